The van der Waals surface area contributed by atoms with Crippen LogP contribution in [-0.4, -0.2) is 29.8 Å². The van der Waals surface area contributed by atoms with Gasteiger partial charge in [-0.2, -0.15) is 12.2 Å². The first-order valence-corrected chi connectivity index (χ1v) is 17.8. The number of rotatable bonds is 12. The summed E-state index contributed by atoms with van der Waals surface area (Å²) in [6.07, 6.45) is 18.2. The Morgan fingerprint density at radius 1 is 0.774 bits per heavy atom. The van der Waals surface area contributed by atoms with Gasteiger partial charge in [-0.25, -0.2) is 22.3 Å². The van der Waals surface area contributed by atoms with Gasteiger partial charge < -0.3 is 33.7 Å². The molecule has 0 radical (unpaired) electrons. The van der Waals surface area contributed by atoms with E-state index in [4.69, 9.17) is 8.85 Å². The van der Waals surface area contributed by atoms with Crippen LogP contribution in [0, 0.1) is 18.1 Å². The number of hydrogen-bond donors (Lipinski definition) is 0. The molecule has 0 unspecified atom stereocenters. The molecule has 2 nitrogen and oxygen atoms in total. The molecule has 0 saturated heterocycles. The summed E-state index contributed by atoms with van der Waals surface area (Å²) in [6.45, 7) is 17.7. The second-order valence-corrected chi connectivity index (χ2v) is 18.9. The van der Waals surface area contributed by atoms with Crippen molar-refractivity contribution in [3.8, 4) is 0 Å². The van der Waals surface area contributed by atoms with Crippen LogP contribution in [0.5, 0.6) is 0 Å². The second-order valence-electron chi connectivity index (χ2n) is 9.89. The van der Waals surface area contributed by atoms with Crippen LogP contribution in [0.15, 0.2) is 34.4 Å². The molecule has 0 saturated carbocycles. The van der Waals surface area contributed by atoms with Gasteiger partial charge in [0.25, 0.3) is 0 Å². The zero-order valence-corrected chi connectivity index (χ0v) is 26.4. The molecule has 0 fully saturated rings. The van der Waals surface area contributed by atoms with E-state index >= 15 is 0 Å². The minimum absolute atomic E-state index is 0. The molecular formula is C24H40Cl2O2Si2Zr. The molecule has 2 aliphatic carbocycles. The second kappa shape index (κ2) is 15.6. The fraction of sp³-hybridized carbons (Fsp3) is 0.667. The largest absolute Gasteiger partial charge is 4.00 e. The predicted octanol–water partition coefficient (Wildman–Crippen LogP) is 1.01. The Labute approximate surface area is 225 Å². The normalized spacial score (nSPS) is 16.0. The Bertz CT molecular complexity index is 603. The van der Waals surface area contributed by atoms with Crippen molar-refractivity contribution in [1.29, 1.82) is 0 Å². The maximum absolute atomic E-state index is 6.02. The Hall–Kier alpha value is 0.777. The first-order chi connectivity index (χ1) is 13.1. The Kier molecular flexibility index (Phi) is 17.1. The van der Waals surface area contributed by atoms with Crippen LogP contribution in [0.4, 0.5) is 0 Å². The zero-order valence-electron chi connectivity index (χ0n) is 20.5. The predicted molar refractivity (Wildman–Crippen MR) is 125 cm³/mol. The molecule has 174 valence electrons. The van der Waals surface area contributed by atoms with Crippen molar-refractivity contribution >= 4 is 16.6 Å². The molecule has 31 heavy (non-hydrogen) atoms. The van der Waals surface area contributed by atoms with Crippen LogP contribution in [0.2, 0.25) is 39.3 Å². The fourth-order valence-electron chi connectivity index (χ4n) is 3.78. The average Bonchev–Trinajstić information content (AvgIpc) is 3.22. The number of allylic oxidation sites excluding steroid dienone is 8. The van der Waals surface area contributed by atoms with Crippen molar-refractivity contribution in [3.63, 3.8) is 0 Å². The van der Waals surface area contributed by atoms with Gasteiger partial charge in [-0.3, -0.25) is 12.2 Å². The van der Waals surface area contributed by atoms with E-state index in [2.05, 4.69) is 70.5 Å². The third-order valence-electron chi connectivity index (χ3n) is 5.12. The number of halogens is 2. The first-order valence-electron chi connectivity index (χ1n) is 10.9. The molecule has 0 aliphatic heterocycles. The smallest absolute Gasteiger partial charge is 1.00 e. The monoisotopic (exact) mass is 576 g/mol. The molecule has 7 heteroatoms. The summed E-state index contributed by atoms with van der Waals surface area (Å²) < 4.78 is 12.0. The van der Waals surface area contributed by atoms with Crippen LogP contribution in [0.3, 0.4) is 0 Å². The van der Waals surface area contributed by atoms with Crippen molar-refractivity contribution in [3.05, 3.63) is 46.6 Å². The molecule has 0 N–H and O–H groups in total. The van der Waals surface area contributed by atoms with E-state index in [1.165, 1.54) is 22.3 Å². The maximum Gasteiger partial charge on any atom is 4.00 e. The van der Waals surface area contributed by atoms with E-state index in [0.717, 1.165) is 51.7 Å². The summed E-state index contributed by atoms with van der Waals surface area (Å²) in [7, 11) is -2.81. The van der Waals surface area contributed by atoms with Crippen molar-refractivity contribution in [2.75, 3.05) is 13.2 Å². The minimum atomic E-state index is -1.40. The molecule has 0 amide bonds. The van der Waals surface area contributed by atoms with Gasteiger partial charge in [-0.15, -0.1) is 18.8 Å². The van der Waals surface area contributed by atoms with Gasteiger partial charge >= 0.3 is 26.2 Å². The fourth-order valence-corrected chi connectivity index (χ4v) is 5.30. The summed E-state index contributed by atoms with van der Waals surface area (Å²) in [6, 6.07) is 0. The van der Waals surface area contributed by atoms with E-state index in [9.17, 15) is 0 Å². The molecule has 0 aromatic carbocycles. The maximum atomic E-state index is 6.02. The van der Waals surface area contributed by atoms with Gasteiger partial charge in [-0.05, 0) is 52.1 Å². The summed E-state index contributed by atoms with van der Waals surface area (Å²) in [5.41, 5.74) is 5.80. The molecule has 0 heterocycles. The van der Waals surface area contributed by atoms with Crippen LogP contribution < -0.4 is 24.8 Å². The van der Waals surface area contributed by atoms with Gasteiger partial charge in [0.15, 0.2) is 16.6 Å². The van der Waals surface area contributed by atoms with Crippen molar-refractivity contribution in [2.24, 2.45) is 5.92 Å². The van der Waals surface area contributed by atoms with E-state index in [0.29, 0.717) is 5.92 Å². The summed E-state index contributed by atoms with van der Waals surface area (Å²) in [5, 5.41) is 0. The van der Waals surface area contributed by atoms with Gasteiger partial charge in [0.1, 0.15) is 0 Å². The van der Waals surface area contributed by atoms with Gasteiger partial charge in [0.2, 0.25) is 0 Å². The van der Waals surface area contributed by atoms with Crippen LogP contribution in [0.25, 0.3) is 0 Å². The summed E-state index contributed by atoms with van der Waals surface area (Å²) in [5.74, 6) is 0.450. The standard InChI is InChI=1S/C24H40O2Si2.2ClH.Zr/c1-20(23-16-8-12-21(23)14-10-18-25-27(2,3)4)24-17-9-13-22(24)15-11-19-26-28(5,6)7;;;/h16-17,20H,8-11,14-15,18-19H2,1-7H3;2*1H;/q-2;;;+4/p-2. The Balaban J connectivity index is 0. The van der Waals surface area contributed by atoms with Gasteiger partial charge in [0, 0.05) is 13.2 Å². The number of hydrogen-bond acceptors (Lipinski definition) is 2. The van der Waals surface area contributed by atoms with Gasteiger partial charge in [-0.1, -0.05) is 19.8 Å². The summed E-state index contributed by atoms with van der Waals surface area (Å²) in [4.78, 5) is 0. The molecule has 0 atom stereocenters. The third kappa shape index (κ3) is 12.7. The molecule has 0 spiro atoms. The average molecular weight is 579 g/mol. The zero-order chi connectivity index (χ0) is 20.8. The molecule has 2 rings (SSSR count). The summed E-state index contributed by atoms with van der Waals surface area (Å²) >= 11 is 0. The van der Waals surface area contributed by atoms with Gasteiger partial charge in [0.05, 0.1) is 0 Å². The van der Waals surface area contributed by atoms with Crippen LogP contribution in [0.1, 0.15) is 45.4 Å². The van der Waals surface area contributed by atoms with Crippen molar-refractivity contribution in [1.82, 2.24) is 0 Å². The molecule has 0 aromatic rings. The first kappa shape index (κ1) is 33.9. The Morgan fingerprint density at radius 3 is 1.45 bits per heavy atom. The SMILES string of the molecule is CC(C1=CC[C-]=C1CCCO[Si](C)(C)C)C1=CC[C-]=C1CCCO[Si](C)(C)C.[Cl-].[Cl-].[Zr+4]. The molecule has 2 aliphatic rings. The van der Waals surface area contributed by atoms with Crippen molar-refractivity contribution < 1.29 is 59.9 Å². The molecule has 0 bridgehead atoms. The van der Waals surface area contributed by atoms with Crippen LogP contribution >= 0.6 is 0 Å². The minimum Gasteiger partial charge on any atom is -1.00 e. The Morgan fingerprint density at radius 2 is 1.13 bits per heavy atom. The molecular weight excluding hydrogens is 539 g/mol. The molecule has 0 aromatic heterocycles. The van der Waals surface area contributed by atoms with E-state index < -0.39 is 16.6 Å². The van der Waals surface area contributed by atoms with E-state index in [1.54, 1.807) is 0 Å². The quantitative estimate of drug-likeness (QED) is 0.196. The van der Waals surface area contributed by atoms with E-state index in [1.807, 2.05) is 0 Å². The van der Waals surface area contributed by atoms with Crippen LogP contribution in [-0.2, 0) is 35.1 Å². The van der Waals surface area contributed by atoms with Crippen molar-refractivity contribution in [2.45, 2.75) is 84.7 Å². The van der Waals surface area contributed by atoms with E-state index in [-0.39, 0.29) is 51.0 Å². The topological polar surface area (TPSA) is 18.5 Å². The third-order valence-corrected chi connectivity index (χ3v) is 7.26.